The van der Waals surface area contributed by atoms with Gasteiger partial charge in [-0.15, -0.1) is 0 Å². The van der Waals surface area contributed by atoms with Crippen LogP contribution in [0.3, 0.4) is 0 Å². The molecule has 8 heteroatoms. The van der Waals surface area contributed by atoms with Crippen molar-refractivity contribution in [1.82, 2.24) is 14.9 Å². The third kappa shape index (κ3) is 3.07. The lowest BCUT2D eigenvalue weighted by molar-refractivity contribution is -0.143. The summed E-state index contributed by atoms with van der Waals surface area (Å²) in [6.45, 7) is 0.572. The van der Waals surface area contributed by atoms with Gasteiger partial charge >= 0.3 is 5.69 Å². The SMILES string of the molecule is COC(C(=O)N1CCc2c([nH]c(=O)[nH]c2=O)C1)c1ccccc1Br. The van der Waals surface area contributed by atoms with Crippen LogP contribution in [0, 0.1) is 0 Å². The molecule has 1 unspecified atom stereocenters. The van der Waals surface area contributed by atoms with E-state index in [4.69, 9.17) is 4.74 Å². The van der Waals surface area contributed by atoms with E-state index in [0.29, 0.717) is 24.2 Å². The summed E-state index contributed by atoms with van der Waals surface area (Å²) >= 11 is 3.43. The number of carbonyl (C=O) groups excluding carboxylic acids is 1. The number of nitrogens with one attached hydrogen (secondary N) is 2. The quantitative estimate of drug-likeness (QED) is 0.815. The smallest absolute Gasteiger partial charge is 0.325 e. The highest BCUT2D eigenvalue weighted by Gasteiger charge is 2.30. The number of amides is 1. The van der Waals surface area contributed by atoms with Crippen LogP contribution in [0.1, 0.15) is 22.9 Å². The largest absolute Gasteiger partial charge is 0.367 e. The van der Waals surface area contributed by atoms with Crippen LogP contribution in [-0.4, -0.2) is 34.4 Å². The van der Waals surface area contributed by atoms with Gasteiger partial charge in [-0.1, -0.05) is 34.1 Å². The molecule has 24 heavy (non-hydrogen) atoms. The molecule has 0 radical (unpaired) electrons. The van der Waals surface area contributed by atoms with Crippen LogP contribution in [0.5, 0.6) is 0 Å². The zero-order valence-electron chi connectivity index (χ0n) is 13.0. The molecule has 2 aromatic rings. The average Bonchev–Trinajstić information content (AvgIpc) is 2.56. The van der Waals surface area contributed by atoms with Crippen LogP contribution in [0.25, 0.3) is 0 Å². The number of fused-ring (bicyclic) bond motifs is 1. The summed E-state index contributed by atoms with van der Waals surface area (Å²) < 4.78 is 6.19. The van der Waals surface area contributed by atoms with Gasteiger partial charge in [0.2, 0.25) is 0 Å². The molecule has 3 rings (SSSR count). The van der Waals surface area contributed by atoms with Gasteiger partial charge in [-0.05, 0) is 12.5 Å². The molecule has 0 saturated heterocycles. The molecule has 0 saturated carbocycles. The number of ether oxygens (including phenoxy) is 1. The first-order valence-corrected chi connectivity index (χ1v) is 8.21. The molecule has 2 N–H and O–H groups in total. The van der Waals surface area contributed by atoms with Gasteiger partial charge in [-0.2, -0.15) is 0 Å². The number of nitrogens with zero attached hydrogens (tertiary/aromatic N) is 1. The fourth-order valence-electron chi connectivity index (χ4n) is 2.88. The lowest BCUT2D eigenvalue weighted by atomic mass is 10.0. The lowest BCUT2D eigenvalue weighted by Crippen LogP contribution is -2.43. The normalized spacial score (nSPS) is 15.0. The molecule has 1 amide bonds. The molecule has 1 aliphatic heterocycles. The minimum Gasteiger partial charge on any atom is -0.367 e. The first-order valence-electron chi connectivity index (χ1n) is 7.41. The summed E-state index contributed by atoms with van der Waals surface area (Å²) in [6.07, 6.45) is -0.365. The molecule has 0 aliphatic carbocycles. The van der Waals surface area contributed by atoms with E-state index < -0.39 is 17.4 Å². The summed E-state index contributed by atoms with van der Waals surface area (Å²) in [6, 6.07) is 7.36. The van der Waals surface area contributed by atoms with Gasteiger partial charge in [0, 0.05) is 34.9 Å². The van der Waals surface area contributed by atoms with Gasteiger partial charge in [0.1, 0.15) is 0 Å². The second-order valence-electron chi connectivity index (χ2n) is 5.51. The van der Waals surface area contributed by atoms with Crippen LogP contribution >= 0.6 is 15.9 Å². The van der Waals surface area contributed by atoms with Crippen LogP contribution < -0.4 is 11.2 Å². The molecule has 1 aromatic heterocycles. The summed E-state index contributed by atoms with van der Waals surface area (Å²) in [4.78, 5) is 42.5. The number of aromatic amines is 2. The molecule has 1 atom stereocenters. The molecule has 126 valence electrons. The topological polar surface area (TPSA) is 95.3 Å². The van der Waals surface area contributed by atoms with E-state index in [0.717, 1.165) is 10.0 Å². The summed E-state index contributed by atoms with van der Waals surface area (Å²) in [7, 11) is 1.48. The van der Waals surface area contributed by atoms with Crippen LogP contribution in [-0.2, 0) is 22.5 Å². The van der Waals surface area contributed by atoms with E-state index in [2.05, 4.69) is 25.9 Å². The van der Waals surface area contributed by atoms with Crippen molar-refractivity contribution in [2.75, 3.05) is 13.7 Å². The second-order valence-corrected chi connectivity index (χ2v) is 6.37. The van der Waals surface area contributed by atoms with Crippen LogP contribution in [0.2, 0.25) is 0 Å². The number of benzene rings is 1. The monoisotopic (exact) mass is 393 g/mol. The number of carbonyl (C=O) groups is 1. The van der Waals surface area contributed by atoms with E-state index in [1.54, 1.807) is 4.90 Å². The molecule has 1 aromatic carbocycles. The maximum atomic E-state index is 12.9. The van der Waals surface area contributed by atoms with Crippen molar-refractivity contribution >= 4 is 21.8 Å². The highest BCUT2D eigenvalue weighted by Crippen LogP contribution is 2.28. The first kappa shape index (κ1) is 16.7. The van der Waals surface area contributed by atoms with Crippen molar-refractivity contribution in [3.8, 4) is 0 Å². The van der Waals surface area contributed by atoms with Crippen molar-refractivity contribution in [2.45, 2.75) is 19.1 Å². The Labute approximate surface area is 145 Å². The lowest BCUT2D eigenvalue weighted by Gasteiger charge is -2.30. The van der Waals surface area contributed by atoms with Gasteiger partial charge in [-0.25, -0.2) is 4.79 Å². The highest BCUT2D eigenvalue weighted by molar-refractivity contribution is 9.10. The zero-order chi connectivity index (χ0) is 17.3. The van der Waals surface area contributed by atoms with E-state index in [9.17, 15) is 14.4 Å². The van der Waals surface area contributed by atoms with Crippen molar-refractivity contribution in [3.63, 3.8) is 0 Å². The van der Waals surface area contributed by atoms with Crippen molar-refractivity contribution in [3.05, 3.63) is 66.4 Å². The second kappa shape index (κ2) is 6.74. The summed E-state index contributed by atoms with van der Waals surface area (Å²) in [5.41, 5.74) is 0.770. The third-order valence-electron chi connectivity index (χ3n) is 4.07. The maximum absolute atomic E-state index is 12.9. The number of rotatable bonds is 3. The van der Waals surface area contributed by atoms with Gasteiger partial charge in [0.05, 0.1) is 6.54 Å². The van der Waals surface area contributed by atoms with Crippen LogP contribution in [0.4, 0.5) is 0 Å². The molecule has 0 spiro atoms. The van der Waals surface area contributed by atoms with E-state index in [1.807, 2.05) is 24.3 Å². The molecular formula is C16H16BrN3O4. The Morgan fingerprint density at radius 1 is 1.29 bits per heavy atom. The van der Waals surface area contributed by atoms with E-state index >= 15 is 0 Å². The van der Waals surface area contributed by atoms with Gasteiger partial charge in [0.15, 0.2) is 6.10 Å². The van der Waals surface area contributed by atoms with Gasteiger partial charge in [-0.3, -0.25) is 14.6 Å². The number of methoxy groups -OCH3 is 1. The Morgan fingerprint density at radius 2 is 2.04 bits per heavy atom. The van der Waals surface area contributed by atoms with Crippen molar-refractivity contribution in [2.24, 2.45) is 0 Å². The van der Waals surface area contributed by atoms with Crippen molar-refractivity contribution in [1.29, 1.82) is 0 Å². The molecular weight excluding hydrogens is 378 g/mol. The van der Waals surface area contributed by atoms with Crippen molar-refractivity contribution < 1.29 is 9.53 Å². The molecule has 2 heterocycles. The fourth-order valence-corrected chi connectivity index (χ4v) is 3.37. The first-order chi connectivity index (χ1) is 11.5. The van der Waals surface area contributed by atoms with Gasteiger partial charge < -0.3 is 14.6 Å². The maximum Gasteiger partial charge on any atom is 0.325 e. The standard InChI is InChI=1S/C16H16BrN3O4/c1-24-13(9-4-2-3-5-11(9)17)15(22)20-7-6-10-12(8-20)18-16(23)19-14(10)21/h2-5,13H,6-8H2,1H3,(H2,18,19,21,23). The summed E-state index contributed by atoms with van der Waals surface area (Å²) in [5, 5.41) is 0. The number of hydrogen-bond acceptors (Lipinski definition) is 4. The highest BCUT2D eigenvalue weighted by atomic mass is 79.9. The number of halogens is 1. The minimum atomic E-state index is -0.754. The van der Waals surface area contributed by atoms with E-state index in [-0.39, 0.29) is 12.5 Å². The Bertz CT molecular complexity index is 889. The predicted molar refractivity (Wildman–Crippen MR) is 90.7 cm³/mol. The Morgan fingerprint density at radius 3 is 2.75 bits per heavy atom. The van der Waals surface area contributed by atoms with E-state index in [1.165, 1.54) is 7.11 Å². The Hall–Kier alpha value is -2.19. The Kier molecular flexibility index (Phi) is 4.68. The summed E-state index contributed by atoms with van der Waals surface area (Å²) in [5.74, 6) is -0.212. The minimum absolute atomic E-state index is 0.178. The third-order valence-corrected chi connectivity index (χ3v) is 4.79. The fraction of sp³-hybridized carbons (Fsp3) is 0.312. The molecule has 7 nitrogen and oxygen atoms in total. The number of H-pyrrole nitrogens is 2. The average molecular weight is 394 g/mol. The molecule has 0 bridgehead atoms. The molecule has 0 fully saturated rings. The zero-order valence-corrected chi connectivity index (χ0v) is 14.6. The predicted octanol–water partition coefficient (Wildman–Crippen LogP) is 1.10. The number of hydrogen-bond donors (Lipinski definition) is 2. The van der Waals surface area contributed by atoms with Crippen LogP contribution in [0.15, 0.2) is 38.3 Å². The number of aromatic nitrogens is 2. The molecule has 1 aliphatic rings. The Balaban J connectivity index is 1.89. The van der Waals surface area contributed by atoms with Gasteiger partial charge in [0.25, 0.3) is 11.5 Å².